The second kappa shape index (κ2) is 35.6. The smallest absolute Gasteiger partial charge is 0.338 e. The molecule has 28 nitrogen and oxygen atoms in total. The molecule has 5 unspecified atom stereocenters. The summed E-state index contributed by atoms with van der Waals surface area (Å²) in [5.41, 5.74) is 43.3. The molecule has 3 amide bonds. The van der Waals surface area contributed by atoms with Gasteiger partial charge in [-0.25, -0.2) is 9.59 Å². The van der Waals surface area contributed by atoms with Crippen LogP contribution in [0.1, 0.15) is 97.3 Å². The van der Waals surface area contributed by atoms with E-state index in [4.69, 9.17) is 64.8 Å². The molecule has 0 aromatic heterocycles. The van der Waals surface area contributed by atoms with Crippen molar-refractivity contribution in [2.45, 2.75) is 115 Å². The first kappa shape index (κ1) is 61.5. The van der Waals surface area contributed by atoms with Gasteiger partial charge in [0.1, 0.15) is 24.3 Å². The molecule has 28 heteroatoms. The fraction of sp³-hybridized carbons (Fsp3) is 0.634. The van der Waals surface area contributed by atoms with Gasteiger partial charge in [-0.1, -0.05) is 13.0 Å². The zero-order valence-electron chi connectivity index (χ0n) is 39.5. The number of hydrogen-bond donors (Lipinski definition) is 15. The summed E-state index contributed by atoms with van der Waals surface area (Å²) in [6.45, 7) is 6.01. The van der Waals surface area contributed by atoms with E-state index in [9.17, 15) is 43.2 Å². The minimum atomic E-state index is -1.40. The normalized spacial score (nSPS) is 12.6. The number of guanidine groups is 4. The van der Waals surface area contributed by atoms with Gasteiger partial charge in [-0.3, -0.25) is 99.4 Å². The summed E-state index contributed by atoms with van der Waals surface area (Å²) in [5, 5.41) is 7.24. The van der Waals surface area contributed by atoms with Crippen molar-refractivity contribution >= 4 is 77.0 Å². The molecule has 0 radical (unpaired) electrons. The number of ether oxygens (including phenoxy) is 4. The number of Topliss-reactive ketones (excluding diaryl/α,β-unsaturated/α-hetero) is 2. The minimum Gasteiger partial charge on any atom is -0.428 e. The summed E-state index contributed by atoms with van der Waals surface area (Å²) in [6.07, 6.45) is 1.67. The molecular weight excluding hydrogens is 911 g/mol. The first-order valence-corrected chi connectivity index (χ1v) is 22.2. The molecule has 388 valence electrons. The average Bonchev–Trinajstić information content (AvgIpc) is 3.25. The second-order valence-electron chi connectivity index (χ2n) is 15.6. The van der Waals surface area contributed by atoms with Crippen molar-refractivity contribution in [1.82, 2.24) is 16.0 Å². The van der Waals surface area contributed by atoms with Gasteiger partial charge in [0.05, 0.1) is 50.5 Å². The Labute approximate surface area is 400 Å². The third-order valence-electron chi connectivity index (χ3n) is 9.62. The van der Waals surface area contributed by atoms with E-state index < -0.39 is 116 Å². The van der Waals surface area contributed by atoms with Gasteiger partial charge in [-0.05, 0) is 71.1 Å². The highest BCUT2D eigenvalue weighted by Gasteiger charge is 2.30. The SMILES string of the molecule is C=CCC(NC(=O)CC(=O)NC(CCC[NH+]=C(N)N)C(=O)OCOC(=O)C(CCC[NH+]=C(N)N)NC(=O)CC(C)=O)C(=O)CC(CCC[NH+]=C(N)N)C(=O)OCOC(=O)C(CC)CCC[NH+]=C(N)N. The Morgan fingerprint density at radius 3 is 1.23 bits per heavy atom. The number of nitrogens with one attached hydrogen (secondary N) is 7. The molecule has 0 fully saturated rings. The van der Waals surface area contributed by atoms with Gasteiger partial charge in [0, 0.05) is 6.42 Å². The Morgan fingerprint density at radius 2 is 0.855 bits per heavy atom. The van der Waals surface area contributed by atoms with Gasteiger partial charge in [-0.15, -0.1) is 6.58 Å². The maximum absolute atomic E-state index is 13.6. The number of ketones is 2. The molecule has 0 aliphatic heterocycles. The summed E-state index contributed by atoms with van der Waals surface area (Å²) in [6, 6.07) is -3.90. The number of carbonyl (C=O) groups is 9. The lowest BCUT2D eigenvalue weighted by molar-refractivity contribution is -0.460. The monoisotopic (exact) mass is 986 g/mol. The molecule has 0 saturated carbocycles. The lowest BCUT2D eigenvalue weighted by atomic mass is 9.93. The molecule has 0 spiro atoms. The Balaban J connectivity index is 5.82. The highest BCUT2D eigenvalue weighted by Crippen LogP contribution is 2.17. The molecule has 0 saturated heterocycles. The van der Waals surface area contributed by atoms with Crippen molar-refractivity contribution in [2.75, 3.05) is 39.8 Å². The molecule has 69 heavy (non-hydrogen) atoms. The fourth-order valence-electron chi connectivity index (χ4n) is 6.19. The molecule has 23 N–H and O–H groups in total. The van der Waals surface area contributed by atoms with Crippen LogP contribution in [0, 0.1) is 11.8 Å². The number of esters is 4. The van der Waals surface area contributed by atoms with E-state index in [-0.39, 0.29) is 82.0 Å². The van der Waals surface area contributed by atoms with Gasteiger partial charge in [0.15, 0.2) is 5.78 Å². The van der Waals surface area contributed by atoms with Crippen LogP contribution in [-0.2, 0) is 62.1 Å². The number of hydrogen-bond acceptors (Lipinski definition) is 13. The van der Waals surface area contributed by atoms with E-state index in [2.05, 4.69) is 42.5 Å². The maximum atomic E-state index is 13.6. The Hall–Kier alpha value is -7.55. The highest BCUT2D eigenvalue weighted by atomic mass is 16.7. The van der Waals surface area contributed by atoms with E-state index in [0.29, 0.717) is 32.2 Å². The molecule has 5 atom stereocenters. The maximum Gasteiger partial charge on any atom is 0.338 e. The zero-order valence-corrected chi connectivity index (χ0v) is 39.5. The summed E-state index contributed by atoms with van der Waals surface area (Å²) in [5.74, 6) is -9.00. The Bertz CT molecular complexity index is 1840. The largest absolute Gasteiger partial charge is 0.428 e. The van der Waals surface area contributed by atoms with Gasteiger partial charge in [0.25, 0.3) is 0 Å². The van der Waals surface area contributed by atoms with Crippen molar-refractivity contribution in [3.05, 3.63) is 12.7 Å². The van der Waals surface area contributed by atoms with Crippen LogP contribution < -0.4 is 81.8 Å². The summed E-state index contributed by atoms with van der Waals surface area (Å²) >= 11 is 0. The molecule has 0 rings (SSSR count). The topological polar surface area (TPSA) is 491 Å². The second-order valence-corrected chi connectivity index (χ2v) is 15.6. The van der Waals surface area contributed by atoms with Gasteiger partial charge in [0.2, 0.25) is 31.3 Å². The van der Waals surface area contributed by atoms with E-state index in [1.165, 1.54) is 13.0 Å². The number of nitrogens with two attached hydrogens (primary N) is 8. The van der Waals surface area contributed by atoms with Crippen molar-refractivity contribution in [2.24, 2.45) is 57.7 Å². The average molecular weight is 986 g/mol. The van der Waals surface area contributed by atoms with Gasteiger partial charge in [-0.2, -0.15) is 0 Å². The third-order valence-corrected chi connectivity index (χ3v) is 9.62. The van der Waals surface area contributed by atoms with Crippen LogP contribution in [0.5, 0.6) is 0 Å². The quantitative estimate of drug-likeness (QED) is 0.00523. The molecule has 0 aromatic carbocycles. The highest BCUT2D eigenvalue weighted by molar-refractivity contribution is 6.00. The first-order valence-electron chi connectivity index (χ1n) is 22.2. The van der Waals surface area contributed by atoms with Crippen molar-refractivity contribution < 1.29 is 82.1 Å². The Morgan fingerprint density at radius 1 is 0.507 bits per heavy atom. The van der Waals surface area contributed by atoms with Crippen LogP contribution in [0.2, 0.25) is 0 Å². The Kier molecular flexibility index (Phi) is 31.7. The lowest BCUT2D eigenvalue weighted by Crippen LogP contribution is -2.78. The van der Waals surface area contributed by atoms with Crippen molar-refractivity contribution in [1.29, 1.82) is 0 Å². The van der Waals surface area contributed by atoms with Crippen LogP contribution in [0.4, 0.5) is 0 Å². The van der Waals surface area contributed by atoms with Gasteiger partial charge >= 0.3 is 47.7 Å². The van der Waals surface area contributed by atoms with Gasteiger partial charge < -0.3 is 34.9 Å². The van der Waals surface area contributed by atoms with Crippen molar-refractivity contribution in [3.8, 4) is 0 Å². The standard InChI is InChI=1S/C41H71N15O13/c1-4-10-27(30(58)20-26(12-7-16-51-39(44)45)35(63)67-22-66-34(62)25(5-2)11-6-15-50-38(42)43)54-32(60)21-33(61)56-29(14-9-18-53-41(48)49)37(65)69-23-68-36(64)28(13-8-17-52-40(46)47)55-31(59)19-24(3)57/h4,25-29H,1,5-23H2,2-3H3,(H,54,60)(H,55,59)(H,56,61)(H4,42,43,50)(H4,44,45,51)(H4,46,47,52)(H4,48,49,53)/p+4. The fourth-order valence-corrected chi connectivity index (χ4v) is 6.19. The summed E-state index contributed by atoms with van der Waals surface area (Å²) < 4.78 is 20.6. The molecular formula is C41H75N15O13+4. The van der Waals surface area contributed by atoms with E-state index in [1.54, 1.807) is 6.92 Å². The van der Waals surface area contributed by atoms with Crippen LogP contribution in [0.25, 0.3) is 0 Å². The molecule has 0 aromatic rings. The van der Waals surface area contributed by atoms with Crippen LogP contribution in [-0.4, -0.2) is 135 Å². The number of amides is 3. The van der Waals surface area contributed by atoms with Crippen LogP contribution >= 0.6 is 0 Å². The third kappa shape index (κ3) is 31.1. The predicted octanol–water partition coefficient (Wildman–Crippen LogP) is -11.4. The summed E-state index contributed by atoms with van der Waals surface area (Å²) in [4.78, 5) is 126. The lowest BCUT2D eigenvalue weighted by Gasteiger charge is -2.21. The first-order chi connectivity index (χ1) is 32.6. The van der Waals surface area contributed by atoms with Crippen LogP contribution in [0.15, 0.2) is 12.7 Å². The van der Waals surface area contributed by atoms with Crippen LogP contribution in [0.3, 0.4) is 0 Å². The summed E-state index contributed by atoms with van der Waals surface area (Å²) in [7, 11) is 0. The molecule has 0 heterocycles. The number of rotatable bonds is 37. The molecule has 0 aliphatic carbocycles. The van der Waals surface area contributed by atoms with E-state index in [1.807, 2.05) is 0 Å². The predicted molar refractivity (Wildman–Crippen MR) is 245 cm³/mol. The minimum absolute atomic E-state index is 0.0183. The zero-order chi connectivity index (χ0) is 52.3. The van der Waals surface area contributed by atoms with E-state index >= 15 is 0 Å². The molecule has 0 bridgehead atoms. The van der Waals surface area contributed by atoms with Crippen molar-refractivity contribution in [3.63, 3.8) is 0 Å². The van der Waals surface area contributed by atoms with E-state index in [0.717, 1.165) is 0 Å². The molecule has 0 aliphatic rings. The number of carbonyl (C=O) groups excluding carboxylic acids is 9.